The zero-order chi connectivity index (χ0) is 18.2. The largest absolute Gasteiger partial charge is 0.391 e. The fourth-order valence-electron chi connectivity index (χ4n) is 3.73. The predicted molar refractivity (Wildman–Crippen MR) is 106 cm³/mol. The van der Waals surface area contributed by atoms with E-state index in [0.717, 1.165) is 30.7 Å². The molecule has 0 fully saturated rings. The van der Waals surface area contributed by atoms with Crippen LogP contribution >= 0.6 is 0 Å². The van der Waals surface area contributed by atoms with E-state index in [1.807, 2.05) is 6.07 Å². The molecule has 3 heteroatoms. The summed E-state index contributed by atoms with van der Waals surface area (Å²) in [6.07, 6.45) is 12.0. The van der Waals surface area contributed by atoms with Gasteiger partial charge in [0.25, 0.3) is 0 Å². The molecule has 2 N–H and O–H groups in total. The molecule has 0 aromatic heterocycles. The van der Waals surface area contributed by atoms with Crippen LogP contribution in [0.15, 0.2) is 30.3 Å². The summed E-state index contributed by atoms with van der Waals surface area (Å²) in [5.74, 6) is 0. The Bertz CT molecular complexity index is 402. The maximum Gasteiger partial charge on any atom is 0.104 e. The Balaban J connectivity index is 2.37. The number of benzene rings is 1. The fraction of sp³-hybridized carbons (Fsp3) is 0.727. The zero-order valence-corrected chi connectivity index (χ0v) is 16.3. The average Bonchev–Trinajstić information content (AvgIpc) is 2.62. The number of unbranched alkanes of at least 4 members (excludes halogenated alkanes) is 8. The number of nitrogens with zero attached hydrogens (tertiary/aromatic N) is 1. The number of rotatable bonds is 16. The third-order valence-corrected chi connectivity index (χ3v) is 5.25. The Kier molecular flexibility index (Phi) is 12.7. The van der Waals surface area contributed by atoms with Crippen molar-refractivity contribution in [3.63, 3.8) is 0 Å². The number of quaternary nitrogens is 1. The zero-order valence-electron chi connectivity index (χ0n) is 16.3. The maximum atomic E-state index is 9.55. The minimum Gasteiger partial charge on any atom is -0.391 e. The molecule has 0 unspecified atom stereocenters. The molecule has 1 aromatic carbocycles. The Morgan fingerprint density at radius 1 is 0.680 bits per heavy atom. The first-order valence-corrected chi connectivity index (χ1v) is 10.4. The Hall–Kier alpha value is -0.900. The summed E-state index contributed by atoms with van der Waals surface area (Å²) in [4.78, 5) is 0. The van der Waals surface area contributed by atoms with Crippen molar-refractivity contribution in [2.24, 2.45) is 0 Å². The monoisotopic (exact) mass is 350 g/mol. The lowest BCUT2D eigenvalue weighted by Crippen LogP contribution is -2.51. The van der Waals surface area contributed by atoms with Gasteiger partial charge < -0.3 is 14.7 Å². The van der Waals surface area contributed by atoms with Gasteiger partial charge in [-0.05, 0) is 12.8 Å². The molecule has 3 nitrogen and oxygen atoms in total. The molecule has 0 saturated heterocycles. The molecule has 0 aliphatic carbocycles. The van der Waals surface area contributed by atoms with Crippen LogP contribution in [0.2, 0.25) is 0 Å². The van der Waals surface area contributed by atoms with E-state index in [1.54, 1.807) is 0 Å². The van der Waals surface area contributed by atoms with Crippen molar-refractivity contribution in [3.8, 4) is 0 Å². The number of aliphatic hydroxyl groups is 2. The normalized spacial score (nSPS) is 11.8. The molecule has 0 aliphatic rings. The molecule has 1 aromatic rings. The Morgan fingerprint density at radius 2 is 1.20 bits per heavy atom. The molecule has 25 heavy (non-hydrogen) atoms. The van der Waals surface area contributed by atoms with Crippen LogP contribution in [0, 0.1) is 0 Å². The van der Waals surface area contributed by atoms with Gasteiger partial charge in [0.2, 0.25) is 0 Å². The van der Waals surface area contributed by atoms with Crippen molar-refractivity contribution in [2.75, 3.05) is 32.8 Å². The first kappa shape index (κ1) is 22.1. The lowest BCUT2D eigenvalue weighted by atomic mass is 10.1. The molecule has 0 bridgehead atoms. The smallest absolute Gasteiger partial charge is 0.104 e. The van der Waals surface area contributed by atoms with Gasteiger partial charge in [-0.25, -0.2) is 0 Å². The van der Waals surface area contributed by atoms with Crippen LogP contribution in [-0.4, -0.2) is 47.5 Å². The molecule has 144 valence electrons. The number of aliphatic hydroxyl groups excluding tert-OH is 2. The van der Waals surface area contributed by atoms with E-state index < -0.39 is 0 Å². The quantitative estimate of drug-likeness (QED) is 0.340. The minimum atomic E-state index is 0.185. The summed E-state index contributed by atoms with van der Waals surface area (Å²) in [6.45, 7) is 6.04. The molecule has 0 spiro atoms. The van der Waals surface area contributed by atoms with Crippen molar-refractivity contribution >= 4 is 0 Å². The molecule has 0 amide bonds. The van der Waals surface area contributed by atoms with Crippen molar-refractivity contribution in [1.82, 2.24) is 0 Å². The van der Waals surface area contributed by atoms with Gasteiger partial charge in [0.15, 0.2) is 0 Å². The Morgan fingerprint density at radius 3 is 1.72 bits per heavy atom. The van der Waals surface area contributed by atoms with Gasteiger partial charge >= 0.3 is 0 Å². The van der Waals surface area contributed by atoms with Gasteiger partial charge in [0.1, 0.15) is 19.6 Å². The molecule has 0 saturated carbocycles. The van der Waals surface area contributed by atoms with Gasteiger partial charge in [0, 0.05) is 5.56 Å². The summed E-state index contributed by atoms with van der Waals surface area (Å²) in [6, 6.07) is 10.5. The summed E-state index contributed by atoms with van der Waals surface area (Å²) >= 11 is 0. The molecular weight excluding hydrogens is 310 g/mol. The maximum absolute atomic E-state index is 9.55. The van der Waals surface area contributed by atoms with Crippen LogP contribution in [0.3, 0.4) is 0 Å². The number of hydrogen-bond donors (Lipinski definition) is 2. The van der Waals surface area contributed by atoms with E-state index in [-0.39, 0.29) is 13.2 Å². The van der Waals surface area contributed by atoms with Gasteiger partial charge in [-0.15, -0.1) is 0 Å². The predicted octanol–water partition coefficient (Wildman–Crippen LogP) is 4.52. The van der Waals surface area contributed by atoms with E-state index in [1.165, 1.54) is 63.4 Å². The van der Waals surface area contributed by atoms with E-state index >= 15 is 0 Å². The second-order valence-corrected chi connectivity index (χ2v) is 7.43. The van der Waals surface area contributed by atoms with Crippen molar-refractivity contribution in [1.29, 1.82) is 0 Å². The van der Waals surface area contributed by atoms with Crippen LogP contribution in [-0.2, 0) is 6.54 Å². The molecular formula is C22H40NO2+. The van der Waals surface area contributed by atoms with Crippen LogP contribution in [0.1, 0.15) is 70.3 Å². The Labute approximate surface area is 155 Å². The summed E-state index contributed by atoms with van der Waals surface area (Å²) in [5.41, 5.74) is 1.29. The second kappa shape index (κ2) is 14.3. The molecule has 0 heterocycles. The molecule has 1 rings (SSSR count). The van der Waals surface area contributed by atoms with E-state index in [0.29, 0.717) is 0 Å². The lowest BCUT2D eigenvalue weighted by Gasteiger charge is -2.38. The van der Waals surface area contributed by atoms with E-state index in [2.05, 4.69) is 31.2 Å². The van der Waals surface area contributed by atoms with E-state index in [9.17, 15) is 10.2 Å². The highest BCUT2D eigenvalue weighted by Crippen LogP contribution is 2.17. The van der Waals surface area contributed by atoms with Crippen LogP contribution in [0.25, 0.3) is 0 Å². The topological polar surface area (TPSA) is 40.5 Å². The molecule has 0 aliphatic heterocycles. The van der Waals surface area contributed by atoms with Gasteiger partial charge in [-0.1, -0.05) is 82.2 Å². The third kappa shape index (κ3) is 9.98. The highest BCUT2D eigenvalue weighted by Gasteiger charge is 2.26. The first-order chi connectivity index (χ1) is 12.3. The van der Waals surface area contributed by atoms with E-state index in [4.69, 9.17) is 0 Å². The van der Waals surface area contributed by atoms with Crippen molar-refractivity contribution in [3.05, 3.63) is 35.9 Å². The second-order valence-electron chi connectivity index (χ2n) is 7.43. The van der Waals surface area contributed by atoms with Gasteiger partial charge in [-0.3, -0.25) is 0 Å². The lowest BCUT2D eigenvalue weighted by molar-refractivity contribution is -0.941. The van der Waals surface area contributed by atoms with Crippen LogP contribution in [0.4, 0.5) is 0 Å². The molecule has 0 atom stereocenters. The summed E-state index contributed by atoms with van der Waals surface area (Å²) in [7, 11) is 0. The summed E-state index contributed by atoms with van der Waals surface area (Å²) < 4.78 is 0.799. The number of hydrogen-bond acceptors (Lipinski definition) is 2. The highest BCUT2D eigenvalue weighted by molar-refractivity contribution is 5.13. The fourth-order valence-corrected chi connectivity index (χ4v) is 3.73. The molecule has 0 radical (unpaired) electrons. The van der Waals surface area contributed by atoms with Crippen LogP contribution in [0.5, 0.6) is 0 Å². The van der Waals surface area contributed by atoms with Crippen molar-refractivity contribution < 1.29 is 14.7 Å². The van der Waals surface area contributed by atoms with Crippen LogP contribution < -0.4 is 0 Å². The first-order valence-electron chi connectivity index (χ1n) is 10.4. The van der Waals surface area contributed by atoms with Gasteiger partial charge in [-0.2, -0.15) is 0 Å². The SMILES string of the molecule is CCCCCCCCCCC[N+](CCO)(CCO)Cc1ccccc1. The third-order valence-electron chi connectivity index (χ3n) is 5.25. The highest BCUT2D eigenvalue weighted by atomic mass is 16.3. The average molecular weight is 351 g/mol. The van der Waals surface area contributed by atoms with Gasteiger partial charge in [0.05, 0.1) is 19.8 Å². The summed E-state index contributed by atoms with van der Waals surface area (Å²) in [5, 5.41) is 19.1. The minimum absolute atomic E-state index is 0.185. The standard InChI is InChI=1S/C22H40NO2/c1-2-3-4-5-6-7-8-9-13-16-23(17-19-24,18-20-25)21-22-14-11-10-12-15-22/h10-12,14-15,24-25H,2-9,13,16-21H2,1H3/q+1. The van der Waals surface area contributed by atoms with Crippen molar-refractivity contribution in [2.45, 2.75) is 71.3 Å².